The third-order valence-electron chi connectivity index (χ3n) is 5.36. The second kappa shape index (κ2) is 8.83. The van der Waals surface area contributed by atoms with Crippen molar-refractivity contribution < 1.29 is 4.79 Å². The summed E-state index contributed by atoms with van der Waals surface area (Å²) in [6.07, 6.45) is 0.822. The fourth-order valence-corrected chi connectivity index (χ4v) is 5.89. The van der Waals surface area contributed by atoms with Crippen LogP contribution in [0.4, 0.5) is 5.69 Å². The standard InChI is InChI=1S/C21H26N4O2S2/c1-3-25-20(27)19-17(13-15(2)29-19)22-21(25)28-14-18(26)24-11-9-23(10-12-24)16-7-5-4-6-8-16/h4-8,15H,3,9-14H2,1-2H3. The van der Waals surface area contributed by atoms with Crippen LogP contribution in [0.15, 0.2) is 45.2 Å². The van der Waals surface area contributed by atoms with E-state index < -0.39 is 0 Å². The number of carbonyl (C=O) groups is 1. The average molecular weight is 431 g/mol. The molecule has 0 bridgehead atoms. The van der Waals surface area contributed by atoms with Gasteiger partial charge in [0.1, 0.15) is 0 Å². The highest BCUT2D eigenvalue weighted by atomic mass is 32.2. The molecule has 2 aliphatic heterocycles. The maximum Gasteiger partial charge on any atom is 0.268 e. The monoisotopic (exact) mass is 430 g/mol. The summed E-state index contributed by atoms with van der Waals surface area (Å²) in [6, 6.07) is 10.3. The number of thioether (sulfide) groups is 2. The molecular weight excluding hydrogens is 404 g/mol. The van der Waals surface area contributed by atoms with Crippen LogP contribution >= 0.6 is 23.5 Å². The van der Waals surface area contributed by atoms with Gasteiger partial charge >= 0.3 is 0 Å². The molecule has 1 unspecified atom stereocenters. The lowest BCUT2D eigenvalue weighted by atomic mass is 10.2. The Morgan fingerprint density at radius 1 is 1.21 bits per heavy atom. The topological polar surface area (TPSA) is 58.4 Å². The minimum Gasteiger partial charge on any atom is -0.368 e. The fourth-order valence-electron chi connectivity index (χ4n) is 3.79. The van der Waals surface area contributed by atoms with Gasteiger partial charge in [-0.1, -0.05) is 36.9 Å². The summed E-state index contributed by atoms with van der Waals surface area (Å²) in [5.74, 6) is 0.432. The third-order valence-corrected chi connectivity index (χ3v) is 7.53. The van der Waals surface area contributed by atoms with E-state index in [2.05, 4.69) is 24.0 Å². The van der Waals surface area contributed by atoms with Gasteiger partial charge in [0.2, 0.25) is 5.91 Å². The molecule has 0 spiro atoms. The summed E-state index contributed by atoms with van der Waals surface area (Å²) in [4.78, 5) is 35.3. The Hall–Kier alpha value is -1.93. The van der Waals surface area contributed by atoms with Gasteiger partial charge in [0, 0.05) is 50.1 Å². The Labute approximate surface area is 179 Å². The average Bonchev–Trinajstić information content (AvgIpc) is 3.13. The summed E-state index contributed by atoms with van der Waals surface area (Å²) in [6.45, 7) is 7.76. The Kier molecular flexibility index (Phi) is 6.20. The molecule has 0 N–H and O–H groups in total. The molecule has 8 heteroatoms. The molecule has 29 heavy (non-hydrogen) atoms. The fraction of sp³-hybridized carbons (Fsp3) is 0.476. The number of piperazine rings is 1. The Morgan fingerprint density at radius 3 is 2.62 bits per heavy atom. The summed E-state index contributed by atoms with van der Waals surface area (Å²) < 4.78 is 1.70. The first-order chi connectivity index (χ1) is 14.1. The molecule has 4 rings (SSSR count). The van der Waals surface area contributed by atoms with E-state index in [1.54, 1.807) is 16.3 Å². The van der Waals surface area contributed by atoms with Gasteiger partial charge in [0.05, 0.1) is 16.3 Å². The molecule has 1 fully saturated rings. The number of amides is 1. The Morgan fingerprint density at radius 2 is 1.93 bits per heavy atom. The zero-order chi connectivity index (χ0) is 20.4. The van der Waals surface area contributed by atoms with Crippen LogP contribution in [0.1, 0.15) is 19.5 Å². The van der Waals surface area contributed by atoms with E-state index in [4.69, 9.17) is 4.98 Å². The minimum absolute atomic E-state index is 0.0401. The van der Waals surface area contributed by atoms with Crippen molar-refractivity contribution in [3.8, 4) is 0 Å². The summed E-state index contributed by atoms with van der Waals surface area (Å²) in [5, 5.41) is 1.06. The first-order valence-corrected chi connectivity index (χ1v) is 11.9. The second-order valence-electron chi connectivity index (χ2n) is 7.34. The molecule has 1 aromatic carbocycles. The van der Waals surface area contributed by atoms with Crippen LogP contribution in [0.25, 0.3) is 0 Å². The molecule has 0 saturated carbocycles. The van der Waals surface area contributed by atoms with Crippen LogP contribution in [0, 0.1) is 0 Å². The lowest BCUT2D eigenvalue weighted by Gasteiger charge is -2.36. The number of benzene rings is 1. The second-order valence-corrected chi connectivity index (χ2v) is 9.74. The molecule has 2 aromatic rings. The highest BCUT2D eigenvalue weighted by Gasteiger charge is 2.27. The largest absolute Gasteiger partial charge is 0.368 e. The lowest BCUT2D eigenvalue weighted by molar-refractivity contribution is -0.128. The van der Waals surface area contributed by atoms with Gasteiger partial charge in [-0.15, -0.1) is 11.8 Å². The summed E-state index contributed by atoms with van der Waals surface area (Å²) >= 11 is 3.01. The third kappa shape index (κ3) is 4.33. The number of anilines is 1. The molecule has 1 saturated heterocycles. The van der Waals surface area contributed by atoms with Crippen molar-refractivity contribution in [2.75, 3.05) is 36.8 Å². The zero-order valence-electron chi connectivity index (χ0n) is 16.8. The number of rotatable bonds is 5. The molecule has 1 amide bonds. The SMILES string of the molecule is CCn1c(SCC(=O)N2CCN(c3ccccc3)CC2)nc2c(c1=O)SC(C)C2. The van der Waals surface area contributed by atoms with E-state index in [0.717, 1.165) is 43.2 Å². The molecular formula is C21H26N4O2S2. The van der Waals surface area contributed by atoms with Crippen LogP contribution in [-0.4, -0.2) is 57.5 Å². The quantitative estimate of drug-likeness (QED) is 0.537. The predicted molar refractivity (Wildman–Crippen MR) is 119 cm³/mol. The van der Waals surface area contributed by atoms with Crippen LogP contribution in [-0.2, 0) is 17.8 Å². The predicted octanol–water partition coefficient (Wildman–Crippen LogP) is 2.74. The molecule has 3 heterocycles. The number of carbonyl (C=O) groups excluding carboxylic acids is 1. The van der Waals surface area contributed by atoms with Crippen molar-refractivity contribution in [1.29, 1.82) is 0 Å². The van der Waals surface area contributed by atoms with Crippen LogP contribution in [0.3, 0.4) is 0 Å². The lowest BCUT2D eigenvalue weighted by Crippen LogP contribution is -2.49. The van der Waals surface area contributed by atoms with Gasteiger partial charge in [0.15, 0.2) is 5.16 Å². The maximum atomic E-state index is 12.8. The zero-order valence-corrected chi connectivity index (χ0v) is 18.5. The van der Waals surface area contributed by atoms with Crippen molar-refractivity contribution >= 4 is 35.1 Å². The minimum atomic E-state index is 0.0401. The van der Waals surface area contributed by atoms with E-state index in [9.17, 15) is 9.59 Å². The van der Waals surface area contributed by atoms with E-state index >= 15 is 0 Å². The number of nitrogens with zero attached hydrogens (tertiary/aromatic N) is 4. The number of para-hydroxylation sites is 1. The van der Waals surface area contributed by atoms with Crippen LogP contribution < -0.4 is 10.5 Å². The molecule has 0 radical (unpaired) electrons. The molecule has 6 nitrogen and oxygen atoms in total. The van der Waals surface area contributed by atoms with E-state index in [0.29, 0.717) is 22.7 Å². The molecule has 1 atom stereocenters. The van der Waals surface area contributed by atoms with Crippen LogP contribution in [0.2, 0.25) is 0 Å². The van der Waals surface area contributed by atoms with Gasteiger partial charge < -0.3 is 9.80 Å². The van der Waals surface area contributed by atoms with Crippen molar-refractivity contribution in [2.45, 2.75) is 42.1 Å². The van der Waals surface area contributed by atoms with Gasteiger partial charge in [-0.3, -0.25) is 14.2 Å². The number of aromatic nitrogens is 2. The molecule has 1 aromatic heterocycles. The summed E-state index contributed by atoms with van der Waals surface area (Å²) in [7, 11) is 0. The van der Waals surface area contributed by atoms with E-state index in [1.807, 2.05) is 30.0 Å². The van der Waals surface area contributed by atoms with Crippen LogP contribution in [0.5, 0.6) is 0 Å². The molecule has 154 valence electrons. The number of fused-ring (bicyclic) bond motifs is 1. The smallest absolute Gasteiger partial charge is 0.268 e. The highest BCUT2D eigenvalue weighted by molar-refractivity contribution is 8.00. The van der Waals surface area contributed by atoms with E-state index in [1.165, 1.54) is 17.4 Å². The first kappa shape index (κ1) is 20.3. The summed E-state index contributed by atoms with van der Waals surface area (Å²) in [5.41, 5.74) is 2.14. The molecule has 2 aliphatic rings. The Balaban J connectivity index is 1.38. The van der Waals surface area contributed by atoms with Crippen molar-refractivity contribution in [3.63, 3.8) is 0 Å². The van der Waals surface area contributed by atoms with Gasteiger partial charge in [-0.25, -0.2) is 4.98 Å². The molecule has 0 aliphatic carbocycles. The maximum absolute atomic E-state index is 12.8. The van der Waals surface area contributed by atoms with E-state index in [-0.39, 0.29) is 11.5 Å². The number of hydrogen-bond donors (Lipinski definition) is 0. The van der Waals surface area contributed by atoms with Crippen molar-refractivity contribution in [1.82, 2.24) is 14.5 Å². The Bertz CT molecular complexity index is 940. The normalized spacial score (nSPS) is 18.8. The number of hydrogen-bond acceptors (Lipinski definition) is 6. The van der Waals surface area contributed by atoms with Gasteiger partial charge in [-0.05, 0) is 19.1 Å². The van der Waals surface area contributed by atoms with Crippen molar-refractivity contribution in [3.05, 3.63) is 46.4 Å². The van der Waals surface area contributed by atoms with Crippen molar-refractivity contribution in [2.24, 2.45) is 0 Å². The van der Waals surface area contributed by atoms with Gasteiger partial charge in [-0.2, -0.15) is 0 Å². The highest BCUT2D eigenvalue weighted by Crippen LogP contribution is 2.34. The van der Waals surface area contributed by atoms with Gasteiger partial charge in [0.25, 0.3) is 5.56 Å². The first-order valence-electron chi connectivity index (χ1n) is 10.1.